The number of aromatic carboxylic acids is 1. The lowest BCUT2D eigenvalue weighted by molar-refractivity contribution is -0.385. The van der Waals surface area contributed by atoms with Crippen molar-refractivity contribution in [3.63, 3.8) is 0 Å². The van der Waals surface area contributed by atoms with Crippen LogP contribution in [0, 0.1) is 10.1 Å². The van der Waals surface area contributed by atoms with Crippen molar-refractivity contribution >= 4 is 17.3 Å². The van der Waals surface area contributed by atoms with Gasteiger partial charge in [0, 0.05) is 18.3 Å². The maximum absolute atomic E-state index is 11.0. The third-order valence-electron chi connectivity index (χ3n) is 3.08. The van der Waals surface area contributed by atoms with Crippen molar-refractivity contribution < 1.29 is 19.2 Å². The van der Waals surface area contributed by atoms with Crippen LogP contribution >= 0.6 is 0 Å². The standard InChI is InChI=1S/C14H14N2O5/c1-2-15(9-11-4-3-7-21-11)10-5-6-12(14(17)18)13(8-10)16(19)20/h3-8H,2,9H2,1H3,(H,17,18). The SMILES string of the molecule is CCN(Cc1ccco1)c1ccc(C(=O)O)c([N+](=O)[O-])c1. The number of nitrogens with zero attached hydrogens (tertiary/aromatic N) is 2. The Bertz CT molecular complexity index is 651. The van der Waals surface area contributed by atoms with E-state index in [0.29, 0.717) is 18.8 Å². The second-order valence-electron chi connectivity index (χ2n) is 4.36. The van der Waals surface area contributed by atoms with Crippen LogP contribution < -0.4 is 4.90 Å². The molecule has 0 unspecified atom stereocenters. The molecule has 1 heterocycles. The number of carbonyl (C=O) groups is 1. The van der Waals surface area contributed by atoms with Crippen molar-refractivity contribution in [1.82, 2.24) is 0 Å². The van der Waals surface area contributed by atoms with E-state index in [1.807, 2.05) is 17.9 Å². The molecule has 0 aliphatic rings. The highest BCUT2D eigenvalue weighted by Gasteiger charge is 2.21. The summed E-state index contributed by atoms with van der Waals surface area (Å²) in [5.74, 6) is -0.593. The van der Waals surface area contributed by atoms with Crippen molar-refractivity contribution in [2.24, 2.45) is 0 Å². The van der Waals surface area contributed by atoms with Crippen LogP contribution in [0.15, 0.2) is 41.0 Å². The normalized spacial score (nSPS) is 10.3. The highest BCUT2D eigenvalue weighted by molar-refractivity contribution is 5.93. The molecule has 21 heavy (non-hydrogen) atoms. The Balaban J connectivity index is 2.35. The molecule has 2 aromatic rings. The summed E-state index contributed by atoms with van der Waals surface area (Å²) in [5.41, 5.74) is -0.165. The van der Waals surface area contributed by atoms with Crippen LogP contribution in [-0.4, -0.2) is 22.5 Å². The van der Waals surface area contributed by atoms with Crippen molar-refractivity contribution in [2.45, 2.75) is 13.5 Å². The number of nitro groups is 1. The number of anilines is 1. The molecule has 0 spiro atoms. The molecule has 110 valence electrons. The van der Waals surface area contributed by atoms with Crippen molar-refractivity contribution in [3.8, 4) is 0 Å². The summed E-state index contributed by atoms with van der Waals surface area (Å²) in [6, 6.07) is 7.65. The van der Waals surface area contributed by atoms with E-state index in [-0.39, 0.29) is 5.56 Å². The Morgan fingerprint density at radius 2 is 2.19 bits per heavy atom. The molecule has 0 aliphatic carbocycles. The van der Waals surface area contributed by atoms with E-state index in [1.165, 1.54) is 12.1 Å². The quantitative estimate of drug-likeness (QED) is 0.649. The van der Waals surface area contributed by atoms with E-state index in [0.717, 1.165) is 5.76 Å². The monoisotopic (exact) mass is 290 g/mol. The van der Waals surface area contributed by atoms with Crippen LogP contribution in [-0.2, 0) is 6.54 Å². The molecule has 1 aromatic carbocycles. The number of benzene rings is 1. The molecule has 0 radical (unpaired) electrons. The molecule has 7 nitrogen and oxygen atoms in total. The minimum Gasteiger partial charge on any atom is -0.477 e. The fourth-order valence-corrected chi connectivity index (χ4v) is 2.02. The molecule has 0 amide bonds. The Labute approximate surface area is 120 Å². The predicted molar refractivity (Wildman–Crippen MR) is 75.5 cm³/mol. The molecule has 0 saturated carbocycles. The molecule has 1 N–H and O–H groups in total. The van der Waals surface area contributed by atoms with Gasteiger partial charge >= 0.3 is 5.97 Å². The summed E-state index contributed by atoms with van der Waals surface area (Å²) in [6.07, 6.45) is 1.55. The second-order valence-corrected chi connectivity index (χ2v) is 4.36. The van der Waals surface area contributed by atoms with Crippen LogP contribution in [0.2, 0.25) is 0 Å². The molecule has 0 saturated heterocycles. The number of rotatable bonds is 6. The predicted octanol–water partition coefficient (Wildman–Crippen LogP) is 2.91. The van der Waals surface area contributed by atoms with Crippen LogP contribution in [0.1, 0.15) is 23.0 Å². The average molecular weight is 290 g/mol. The van der Waals surface area contributed by atoms with Crippen LogP contribution in [0.5, 0.6) is 0 Å². The number of hydrogen-bond donors (Lipinski definition) is 1. The molecule has 0 atom stereocenters. The van der Waals surface area contributed by atoms with E-state index in [1.54, 1.807) is 18.4 Å². The fraction of sp³-hybridized carbons (Fsp3) is 0.214. The summed E-state index contributed by atoms with van der Waals surface area (Å²) in [4.78, 5) is 23.2. The van der Waals surface area contributed by atoms with Gasteiger partial charge in [-0.2, -0.15) is 0 Å². The van der Waals surface area contributed by atoms with Crippen molar-refractivity contribution in [2.75, 3.05) is 11.4 Å². The van der Waals surface area contributed by atoms with Gasteiger partial charge in [0.15, 0.2) is 0 Å². The van der Waals surface area contributed by atoms with Gasteiger partial charge < -0.3 is 14.4 Å². The van der Waals surface area contributed by atoms with Gasteiger partial charge in [0.2, 0.25) is 0 Å². The van der Waals surface area contributed by atoms with E-state index in [9.17, 15) is 14.9 Å². The number of furan rings is 1. The van der Waals surface area contributed by atoms with E-state index in [2.05, 4.69) is 0 Å². The van der Waals surface area contributed by atoms with Gasteiger partial charge in [-0.1, -0.05) is 0 Å². The van der Waals surface area contributed by atoms with Gasteiger partial charge in [0.25, 0.3) is 5.69 Å². The highest BCUT2D eigenvalue weighted by atomic mass is 16.6. The number of carboxylic acid groups (broad SMARTS) is 1. The Hall–Kier alpha value is -2.83. The van der Waals surface area contributed by atoms with Crippen LogP contribution in [0.4, 0.5) is 11.4 Å². The molecule has 0 aliphatic heterocycles. The summed E-state index contributed by atoms with van der Waals surface area (Å²) in [7, 11) is 0. The molecule has 0 bridgehead atoms. The fourth-order valence-electron chi connectivity index (χ4n) is 2.02. The lowest BCUT2D eigenvalue weighted by Crippen LogP contribution is -2.22. The summed E-state index contributed by atoms with van der Waals surface area (Å²) in [6.45, 7) is 2.96. The zero-order valence-electron chi connectivity index (χ0n) is 11.4. The van der Waals surface area contributed by atoms with E-state index < -0.39 is 16.6 Å². The van der Waals surface area contributed by atoms with Crippen molar-refractivity contribution in [3.05, 3.63) is 58.0 Å². The molecule has 2 rings (SSSR count). The molecular weight excluding hydrogens is 276 g/mol. The molecule has 1 aromatic heterocycles. The van der Waals surface area contributed by atoms with E-state index in [4.69, 9.17) is 9.52 Å². The summed E-state index contributed by atoms with van der Waals surface area (Å²) in [5, 5.41) is 20.0. The summed E-state index contributed by atoms with van der Waals surface area (Å²) >= 11 is 0. The third-order valence-corrected chi connectivity index (χ3v) is 3.08. The van der Waals surface area contributed by atoms with Gasteiger partial charge in [0.05, 0.1) is 17.7 Å². The number of carboxylic acids is 1. The smallest absolute Gasteiger partial charge is 0.342 e. The second kappa shape index (κ2) is 6.08. The Kier molecular flexibility index (Phi) is 4.22. The number of nitro benzene ring substituents is 1. The van der Waals surface area contributed by atoms with Gasteiger partial charge in [-0.05, 0) is 31.2 Å². The van der Waals surface area contributed by atoms with Crippen molar-refractivity contribution in [1.29, 1.82) is 0 Å². The Morgan fingerprint density at radius 1 is 1.43 bits per heavy atom. The summed E-state index contributed by atoms with van der Waals surface area (Å²) < 4.78 is 5.26. The zero-order chi connectivity index (χ0) is 15.4. The third kappa shape index (κ3) is 3.19. The van der Waals surface area contributed by atoms with Gasteiger partial charge in [-0.25, -0.2) is 4.79 Å². The first kappa shape index (κ1) is 14.6. The van der Waals surface area contributed by atoms with Gasteiger partial charge in [-0.15, -0.1) is 0 Å². The number of hydrogen-bond acceptors (Lipinski definition) is 5. The van der Waals surface area contributed by atoms with E-state index >= 15 is 0 Å². The molecular formula is C14H14N2O5. The molecule has 0 fully saturated rings. The lowest BCUT2D eigenvalue weighted by atomic mass is 10.1. The van der Waals surface area contributed by atoms with Gasteiger partial charge in [0.1, 0.15) is 11.3 Å². The minimum absolute atomic E-state index is 0.321. The first-order valence-corrected chi connectivity index (χ1v) is 6.32. The minimum atomic E-state index is -1.32. The van der Waals surface area contributed by atoms with Gasteiger partial charge in [-0.3, -0.25) is 10.1 Å². The highest BCUT2D eigenvalue weighted by Crippen LogP contribution is 2.26. The Morgan fingerprint density at radius 3 is 2.71 bits per heavy atom. The largest absolute Gasteiger partial charge is 0.477 e. The van der Waals surface area contributed by atoms with Crippen LogP contribution in [0.3, 0.4) is 0 Å². The first-order chi connectivity index (χ1) is 10.0. The van der Waals surface area contributed by atoms with Crippen LogP contribution in [0.25, 0.3) is 0 Å². The molecule has 7 heteroatoms. The maximum Gasteiger partial charge on any atom is 0.342 e. The average Bonchev–Trinajstić information content (AvgIpc) is 2.97. The first-order valence-electron chi connectivity index (χ1n) is 6.32. The lowest BCUT2D eigenvalue weighted by Gasteiger charge is -2.21. The zero-order valence-corrected chi connectivity index (χ0v) is 11.4. The topological polar surface area (TPSA) is 96.8 Å². The maximum atomic E-state index is 11.0.